The van der Waals surface area contributed by atoms with Crippen molar-refractivity contribution in [1.82, 2.24) is 9.62 Å². The van der Waals surface area contributed by atoms with E-state index in [-0.39, 0.29) is 22.2 Å². The molecule has 1 N–H and O–H groups in total. The number of amides is 1. The fourth-order valence-electron chi connectivity index (χ4n) is 2.92. The van der Waals surface area contributed by atoms with Gasteiger partial charge in [0.2, 0.25) is 5.91 Å². The smallest absolute Gasteiger partial charge is 0.341 e. The van der Waals surface area contributed by atoms with E-state index in [1.807, 2.05) is 0 Å². The number of hydrogen-bond acceptors (Lipinski definition) is 4. The van der Waals surface area contributed by atoms with Gasteiger partial charge in [0.15, 0.2) is 0 Å². The summed E-state index contributed by atoms with van der Waals surface area (Å²) in [4.78, 5) is 13.4. The lowest BCUT2D eigenvalue weighted by Crippen LogP contribution is -2.38. The van der Waals surface area contributed by atoms with E-state index in [1.54, 1.807) is 11.4 Å². The van der Waals surface area contributed by atoms with Crippen molar-refractivity contribution in [2.45, 2.75) is 29.3 Å². The van der Waals surface area contributed by atoms with Crippen molar-refractivity contribution in [3.8, 4) is 0 Å². The quantitative estimate of drug-likeness (QED) is 0.782. The lowest BCUT2D eigenvalue weighted by atomic mass is 10.0. The fourth-order valence-corrected chi connectivity index (χ4v) is 5.15. The van der Waals surface area contributed by atoms with Crippen LogP contribution < -0.4 is 4.72 Å². The Morgan fingerprint density at radius 1 is 1.22 bits per heavy atom. The summed E-state index contributed by atoms with van der Waals surface area (Å²) in [6, 6.07) is 6.51. The molecule has 10 heteroatoms. The van der Waals surface area contributed by atoms with E-state index >= 15 is 0 Å². The Morgan fingerprint density at radius 2 is 2.00 bits per heavy atom. The van der Waals surface area contributed by atoms with E-state index in [0.29, 0.717) is 19.4 Å². The second kappa shape index (κ2) is 7.61. The van der Waals surface area contributed by atoms with E-state index in [0.717, 1.165) is 23.5 Å². The Labute approximate surface area is 158 Å². The van der Waals surface area contributed by atoms with Gasteiger partial charge in [-0.05, 0) is 35.6 Å². The van der Waals surface area contributed by atoms with Gasteiger partial charge in [-0.25, -0.2) is 13.1 Å². The zero-order valence-corrected chi connectivity index (χ0v) is 15.7. The molecule has 0 spiro atoms. The summed E-state index contributed by atoms with van der Waals surface area (Å²) in [5.74, 6) is -0.137. The third-order valence-electron chi connectivity index (χ3n) is 4.25. The number of nitrogens with one attached hydrogen (secondary N) is 1. The predicted molar refractivity (Wildman–Crippen MR) is 94.6 cm³/mol. The van der Waals surface area contributed by atoms with E-state index in [2.05, 4.69) is 4.72 Å². The molecule has 1 fully saturated rings. The molecule has 0 saturated carbocycles. The van der Waals surface area contributed by atoms with Crippen LogP contribution in [0.15, 0.2) is 46.0 Å². The van der Waals surface area contributed by atoms with Crippen LogP contribution in [0.2, 0.25) is 0 Å². The first kappa shape index (κ1) is 19.8. The summed E-state index contributed by atoms with van der Waals surface area (Å²) in [5.41, 5.74) is -0.710. The van der Waals surface area contributed by atoms with Crippen LogP contribution in [0.5, 0.6) is 0 Å². The second-order valence-electron chi connectivity index (χ2n) is 6.17. The topological polar surface area (TPSA) is 66.5 Å². The average Bonchev–Trinajstić information content (AvgIpc) is 3.26. The molecule has 1 saturated heterocycles. The summed E-state index contributed by atoms with van der Waals surface area (Å²) >= 11 is 1.01. The van der Waals surface area contributed by atoms with E-state index < -0.39 is 27.8 Å². The number of hydrogen-bond donors (Lipinski definition) is 1. The Balaban J connectivity index is 1.94. The van der Waals surface area contributed by atoms with Crippen molar-refractivity contribution >= 4 is 27.3 Å². The largest absolute Gasteiger partial charge is 0.416 e. The van der Waals surface area contributed by atoms with E-state index in [9.17, 15) is 26.4 Å². The van der Waals surface area contributed by atoms with Gasteiger partial charge in [0, 0.05) is 19.5 Å². The summed E-state index contributed by atoms with van der Waals surface area (Å²) in [6.45, 7) is 0.430. The molecular weight excluding hydrogens is 401 g/mol. The minimum Gasteiger partial charge on any atom is -0.341 e. The van der Waals surface area contributed by atoms with Gasteiger partial charge >= 0.3 is 6.18 Å². The van der Waals surface area contributed by atoms with Gasteiger partial charge in [-0.3, -0.25) is 4.79 Å². The van der Waals surface area contributed by atoms with Gasteiger partial charge < -0.3 is 4.90 Å². The molecule has 146 valence electrons. The van der Waals surface area contributed by atoms with Crippen LogP contribution in [-0.4, -0.2) is 32.3 Å². The molecule has 1 aliphatic heterocycles. The Bertz CT molecular complexity index is 912. The number of benzene rings is 1. The van der Waals surface area contributed by atoms with Gasteiger partial charge in [0.25, 0.3) is 10.0 Å². The van der Waals surface area contributed by atoms with Crippen molar-refractivity contribution < 1.29 is 26.4 Å². The predicted octanol–water partition coefficient (Wildman–Crippen LogP) is 3.41. The number of carbonyl (C=O) groups is 1. The highest BCUT2D eigenvalue weighted by Crippen LogP contribution is 2.32. The monoisotopic (exact) mass is 418 g/mol. The zero-order chi connectivity index (χ0) is 19.7. The highest BCUT2D eigenvalue weighted by Gasteiger charge is 2.33. The maximum absolute atomic E-state index is 13.1. The lowest BCUT2D eigenvalue weighted by Gasteiger charge is -2.25. The number of halogens is 3. The maximum atomic E-state index is 13.1. The molecule has 1 aromatic heterocycles. The number of likely N-dealkylation sites (tertiary alicyclic amines) is 1. The minimum absolute atomic E-state index is 0.0231. The summed E-state index contributed by atoms with van der Waals surface area (Å²) in [5, 5.41) is 1.60. The van der Waals surface area contributed by atoms with Crippen LogP contribution >= 0.6 is 11.3 Å². The molecule has 27 heavy (non-hydrogen) atoms. The molecule has 3 rings (SSSR count). The van der Waals surface area contributed by atoms with Crippen molar-refractivity contribution in [2.24, 2.45) is 0 Å². The Kier molecular flexibility index (Phi) is 5.59. The first-order chi connectivity index (χ1) is 12.7. The highest BCUT2D eigenvalue weighted by molar-refractivity contribution is 7.91. The standard InChI is InChI=1S/C17H17F3N2O3S2/c18-17(19,20)13-5-1-4-12(10-13)14(11-22-8-2-6-15(22)23)21-27(24,25)16-7-3-9-26-16/h1,3-5,7,9-10,14,21H,2,6,8,11H2/t14-/m0/s1. The molecule has 2 aromatic rings. The third-order valence-corrected chi connectivity index (χ3v) is 7.12. The van der Waals surface area contributed by atoms with Crippen LogP contribution in [0.4, 0.5) is 13.2 Å². The highest BCUT2D eigenvalue weighted by atomic mass is 32.2. The molecule has 2 heterocycles. The molecule has 0 radical (unpaired) electrons. The molecule has 0 bridgehead atoms. The molecule has 0 aliphatic carbocycles. The van der Waals surface area contributed by atoms with Crippen molar-refractivity contribution in [3.63, 3.8) is 0 Å². The second-order valence-corrected chi connectivity index (χ2v) is 9.06. The average molecular weight is 418 g/mol. The maximum Gasteiger partial charge on any atom is 0.416 e. The molecule has 1 aliphatic rings. The van der Waals surface area contributed by atoms with Crippen LogP contribution in [0.1, 0.15) is 30.0 Å². The summed E-state index contributed by atoms with van der Waals surface area (Å²) < 4.78 is 66.9. The number of carbonyl (C=O) groups excluding carboxylic acids is 1. The van der Waals surface area contributed by atoms with Gasteiger partial charge in [0.05, 0.1) is 11.6 Å². The van der Waals surface area contributed by atoms with E-state index in [4.69, 9.17) is 0 Å². The normalized spacial score (nSPS) is 16.7. The fraction of sp³-hybridized carbons (Fsp3) is 0.353. The third kappa shape index (κ3) is 4.69. The zero-order valence-electron chi connectivity index (χ0n) is 14.1. The molecule has 5 nitrogen and oxygen atoms in total. The molecule has 1 amide bonds. The van der Waals surface area contributed by atoms with Crippen LogP contribution in [0, 0.1) is 0 Å². The van der Waals surface area contributed by atoms with Crippen LogP contribution in [-0.2, 0) is 21.0 Å². The number of alkyl halides is 3. The first-order valence-electron chi connectivity index (χ1n) is 8.17. The lowest BCUT2D eigenvalue weighted by molar-refractivity contribution is -0.137. The Hall–Kier alpha value is -1.91. The van der Waals surface area contributed by atoms with Gasteiger partial charge in [-0.15, -0.1) is 11.3 Å². The summed E-state index contributed by atoms with van der Waals surface area (Å²) in [7, 11) is -3.92. The van der Waals surface area contributed by atoms with Gasteiger partial charge in [-0.1, -0.05) is 18.2 Å². The van der Waals surface area contributed by atoms with E-state index in [1.165, 1.54) is 23.1 Å². The number of nitrogens with zero attached hydrogens (tertiary/aromatic N) is 1. The minimum atomic E-state index is -4.54. The SMILES string of the molecule is O=C1CCCN1C[C@H](NS(=O)(=O)c1cccs1)c1cccc(C(F)(F)F)c1. The van der Waals surface area contributed by atoms with Crippen molar-refractivity contribution in [3.05, 3.63) is 52.9 Å². The van der Waals surface area contributed by atoms with Crippen molar-refractivity contribution in [2.75, 3.05) is 13.1 Å². The number of sulfonamides is 1. The molecular formula is C17H17F3N2O3S2. The molecule has 1 atom stereocenters. The van der Waals surface area contributed by atoms with Gasteiger partial charge in [-0.2, -0.15) is 13.2 Å². The number of thiophene rings is 1. The Morgan fingerprint density at radius 3 is 2.59 bits per heavy atom. The van der Waals surface area contributed by atoms with Crippen molar-refractivity contribution in [1.29, 1.82) is 0 Å². The number of rotatable bonds is 6. The first-order valence-corrected chi connectivity index (χ1v) is 10.5. The molecule has 0 unspecified atom stereocenters. The van der Waals surface area contributed by atoms with Gasteiger partial charge in [0.1, 0.15) is 4.21 Å². The van der Waals surface area contributed by atoms with Crippen LogP contribution in [0.25, 0.3) is 0 Å². The summed E-state index contributed by atoms with van der Waals surface area (Å²) in [6.07, 6.45) is -3.55. The van der Waals surface area contributed by atoms with Crippen LogP contribution in [0.3, 0.4) is 0 Å². The molecule has 1 aromatic carbocycles.